The number of aliphatic imine (C=N–C) groups is 1. The predicted molar refractivity (Wildman–Crippen MR) is 87.7 cm³/mol. The lowest BCUT2D eigenvalue weighted by Gasteiger charge is -2.19. The first-order valence-corrected chi connectivity index (χ1v) is 7.97. The molecule has 0 fully saturated rings. The van der Waals surface area contributed by atoms with Crippen molar-refractivity contribution in [1.29, 1.82) is 0 Å². The molecule has 1 rings (SSSR count). The third-order valence-corrected chi connectivity index (χ3v) is 4.48. The van der Waals surface area contributed by atoms with Crippen LogP contribution in [0.5, 0.6) is 0 Å². The maximum absolute atomic E-state index is 11.8. The van der Waals surface area contributed by atoms with Gasteiger partial charge in [-0.05, 0) is 31.2 Å². The van der Waals surface area contributed by atoms with E-state index < -0.39 is 13.8 Å². The summed E-state index contributed by atoms with van der Waals surface area (Å²) < 4.78 is 21.0. The number of nitrogens with zero attached hydrogens (tertiary/aromatic N) is 2. The zero-order chi connectivity index (χ0) is 16.8. The molecule has 0 saturated carbocycles. The van der Waals surface area contributed by atoms with Gasteiger partial charge in [0.05, 0.1) is 5.84 Å². The first-order valence-electron chi connectivity index (χ1n) is 6.43. The first-order chi connectivity index (χ1) is 10.3. The van der Waals surface area contributed by atoms with Crippen LogP contribution in [-0.2, 0) is 13.6 Å². The molecule has 1 aromatic rings. The molecule has 0 aliphatic heterocycles. The van der Waals surface area contributed by atoms with E-state index >= 15 is 0 Å². The maximum atomic E-state index is 11.8. The number of anilines is 2. The lowest BCUT2D eigenvalue weighted by atomic mass is 10.2. The number of urea groups is 1. The standard InChI is InChI=1S/C13H21N4O4P/c1-10(14-2)17(3)12-8-6-11(7-9-12)15-13(18)16-22(19,20-4)21-5/h6-9H,1-5H3,(H2,15,16,18,19). The molecule has 0 radical (unpaired) electrons. The summed E-state index contributed by atoms with van der Waals surface area (Å²) in [7, 11) is 2.38. The molecule has 0 spiro atoms. The van der Waals surface area contributed by atoms with E-state index in [0.29, 0.717) is 5.69 Å². The van der Waals surface area contributed by atoms with Crippen molar-refractivity contribution in [2.45, 2.75) is 6.92 Å². The fraction of sp³-hybridized carbons (Fsp3) is 0.385. The van der Waals surface area contributed by atoms with Gasteiger partial charge in [-0.2, -0.15) is 0 Å². The molecule has 122 valence electrons. The van der Waals surface area contributed by atoms with E-state index in [1.165, 1.54) is 14.2 Å². The van der Waals surface area contributed by atoms with Crippen LogP contribution < -0.4 is 15.3 Å². The van der Waals surface area contributed by atoms with Gasteiger partial charge in [0.1, 0.15) is 0 Å². The van der Waals surface area contributed by atoms with Crippen LogP contribution in [0, 0.1) is 0 Å². The van der Waals surface area contributed by atoms with Gasteiger partial charge in [0.2, 0.25) is 0 Å². The largest absolute Gasteiger partial charge is 0.435 e. The summed E-state index contributed by atoms with van der Waals surface area (Å²) in [4.78, 5) is 17.7. The molecule has 0 aliphatic rings. The van der Waals surface area contributed by atoms with E-state index in [4.69, 9.17) is 0 Å². The van der Waals surface area contributed by atoms with E-state index in [9.17, 15) is 9.36 Å². The van der Waals surface area contributed by atoms with Crippen molar-refractivity contribution >= 4 is 31.0 Å². The normalized spacial score (nSPS) is 12.0. The van der Waals surface area contributed by atoms with Crippen LogP contribution >= 0.6 is 7.75 Å². The van der Waals surface area contributed by atoms with Crippen molar-refractivity contribution in [3.63, 3.8) is 0 Å². The molecular formula is C13H21N4O4P. The third-order valence-electron chi connectivity index (χ3n) is 3.04. The second-order valence-electron chi connectivity index (χ2n) is 4.31. The Labute approximate surface area is 130 Å². The van der Waals surface area contributed by atoms with Gasteiger partial charge in [0, 0.05) is 39.7 Å². The number of amides is 2. The van der Waals surface area contributed by atoms with Crippen molar-refractivity contribution < 1.29 is 18.4 Å². The zero-order valence-electron chi connectivity index (χ0n) is 13.3. The molecule has 1 aromatic carbocycles. The monoisotopic (exact) mass is 328 g/mol. The molecule has 2 N–H and O–H groups in total. The van der Waals surface area contributed by atoms with E-state index in [0.717, 1.165) is 11.5 Å². The number of carbonyl (C=O) groups excluding carboxylic acids is 1. The van der Waals surface area contributed by atoms with Gasteiger partial charge in [0.25, 0.3) is 0 Å². The molecule has 0 aromatic heterocycles. The van der Waals surface area contributed by atoms with Gasteiger partial charge in [-0.1, -0.05) is 0 Å². The van der Waals surface area contributed by atoms with Gasteiger partial charge >= 0.3 is 13.8 Å². The average Bonchev–Trinajstić information content (AvgIpc) is 2.53. The summed E-state index contributed by atoms with van der Waals surface area (Å²) in [5, 5.41) is 4.68. The SMILES string of the molecule is CN=C(C)N(C)c1ccc(NC(=O)NP(=O)(OC)OC)cc1. The molecule has 0 bridgehead atoms. The van der Waals surface area contributed by atoms with Gasteiger partial charge in [-0.3, -0.25) is 14.0 Å². The number of nitrogens with one attached hydrogen (secondary N) is 2. The smallest absolute Gasteiger partial charge is 0.334 e. The molecule has 0 saturated heterocycles. The van der Waals surface area contributed by atoms with E-state index in [-0.39, 0.29) is 0 Å². The van der Waals surface area contributed by atoms with Crippen LogP contribution in [-0.4, -0.2) is 40.2 Å². The molecule has 0 aliphatic carbocycles. The second-order valence-corrected chi connectivity index (χ2v) is 6.25. The molecular weight excluding hydrogens is 307 g/mol. The lowest BCUT2D eigenvalue weighted by Crippen LogP contribution is -2.27. The topological polar surface area (TPSA) is 92.3 Å². The summed E-state index contributed by atoms with van der Waals surface area (Å²) in [5.41, 5.74) is 1.47. The lowest BCUT2D eigenvalue weighted by molar-refractivity contribution is 0.242. The number of hydrogen-bond donors (Lipinski definition) is 2. The summed E-state index contributed by atoms with van der Waals surface area (Å²) in [5.74, 6) is 0.861. The molecule has 0 unspecified atom stereocenters. The first kappa shape index (κ1) is 18.2. The Hall–Kier alpha value is -1.89. The Morgan fingerprint density at radius 1 is 1.23 bits per heavy atom. The van der Waals surface area contributed by atoms with Crippen molar-refractivity contribution in [3.8, 4) is 0 Å². The highest BCUT2D eigenvalue weighted by molar-refractivity contribution is 7.52. The maximum Gasteiger partial charge on any atom is 0.435 e. The number of amidine groups is 1. The van der Waals surface area contributed by atoms with Crippen molar-refractivity contribution in [2.24, 2.45) is 4.99 Å². The summed E-state index contributed by atoms with van der Waals surface area (Å²) in [6.45, 7) is 1.90. The predicted octanol–water partition coefficient (Wildman–Crippen LogP) is 2.69. The average molecular weight is 328 g/mol. The van der Waals surface area contributed by atoms with Crippen molar-refractivity contribution in [1.82, 2.24) is 5.09 Å². The van der Waals surface area contributed by atoms with Crippen LogP contribution in [0.25, 0.3) is 0 Å². The Bertz CT molecular complexity index is 580. The van der Waals surface area contributed by atoms with Crippen molar-refractivity contribution in [2.75, 3.05) is 38.5 Å². The Morgan fingerprint density at radius 2 is 1.77 bits per heavy atom. The molecule has 8 nitrogen and oxygen atoms in total. The van der Waals surface area contributed by atoms with Crippen LogP contribution in [0.2, 0.25) is 0 Å². The highest BCUT2D eigenvalue weighted by Crippen LogP contribution is 2.41. The summed E-state index contributed by atoms with van der Waals surface area (Å²) in [6, 6.07) is 6.42. The van der Waals surface area contributed by atoms with Gasteiger partial charge in [0.15, 0.2) is 0 Å². The number of hydrogen-bond acceptors (Lipinski definition) is 5. The zero-order valence-corrected chi connectivity index (χ0v) is 14.2. The molecule has 2 amide bonds. The second kappa shape index (κ2) is 7.93. The van der Waals surface area contributed by atoms with Gasteiger partial charge in [-0.25, -0.2) is 14.4 Å². The minimum atomic E-state index is -3.60. The minimum Gasteiger partial charge on any atom is -0.334 e. The number of rotatable bonds is 5. The summed E-state index contributed by atoms with van der Waals surface area (Å²) >= 11 is 0. The van der Waals surface area contributed by atoms with Crippen LogP contribution in [0.15, 0.2) is 29.3 Å². The number of carbonyl (C=O) groups is 1. The summed E-state index contributed by atoms with van der Waals surface area (Å²) in [6.07, 6.45) is 0. The van der Waals surface area contributed by atoms with E-state index in [2.05, 4.69) is 24.4 Å². The molecule has 0 atom stereocenters. The van der Waals surface area contributed by atoms with Crippen LogP contribution in [0.3, 0.4) is 0 Å². The van der Waals surface area contributed by atoms with Crippen molar-refractivity contribution in [3.05, 3.63) is 24.3 Å². The quantitative estimate of drug-likeness (QED) is 0.492. The molecule has 9 heteroatoms. The van der Waals surface area contributed by atoms with Crippen LogP contribution in [0.1, 0.15) is 6.92 Å². The Kier molecular flexibility index (Phi) is 6.55. The highest BCUT2D eigenvalue weighted by atomic mass is 31.2. The molecule has 0 heterocycles. The fourth-order valence-electron chi connectivity index (χ4n) is 1.55. The van der Waals surface area contributed by atoms with Gasteiger partial charge < -0.3 is 10.2 Å². The van der Waals surface area contributed by atoms with Gasteiger partial charge in [-0.15, -0.1) is 0 Å². The van der Waals surface area contributed by atoms with E-state index in [1.807, 2.05) is 31.0 Å². The minimum absolute atomic E-state index is 0.541. The number of benzene rings is 1. The highest BCUT2D eigenvalue weighted by Gasteiger charge is 2.24. The van der Waals surface area contributed by atoms with Crippen LogP contribution in [0.4, 0.5) is 16.2 Å². The Balaban J connectivity index is 2.72. The van der Waals surface area contributed by atoms with E-state index in [1.54, 1.807) is 19.2 Å². The fourth-order valence-corrected chi connectivity index (χ4v) is 2.19. The molecule has 22 heavy (non-hydrogen) atoms. The third kappa shape index (κ3) is 4.84. The Morgan fingerprint density at radius 3 is 2.23 bits per heavy atom.